The smallest absolute Gasteiger partial charge is 0.323 e. The topological polar surface area (TPSA) is 88.8 Å². The summed E-state index contributed by atoms with van der Waals surface area (Å²) < 4.78 is 10.4. The summed E-state index contributed by atoms with van der Waals surface area (Å²) in [4.78, 5) is 22.9. The number of rotatable bonds is 14. The lowest BCUT2D eigenvalue weighted by Crippen LogP contribution is -2.39. The highest BCUT2D eigenvalue weighted by atomic mass is 16.5. The average molecular weight is 339 g/mol. The Morgan fingerprint density at radius 3 is 2.54 bits per heavy atom. The number of carbonyl (C=O) groups excluding carboxylic acids is 1. The third-order valence-corrected chi connectivity index (χ3v) is 3.76. The average Bonchev–Trinajstić information content (AvgIpc) is 3.06. The van der Waals surface area contributed by atoms with Gasteiger partial charge in [-0.1, -0.05) is 45.4 Å². The molecular weight excluding hydrogens is 310 g/mol. The van der Waals surface area contributed by atoms with Gasteiger partial charge in [0.25, 0.3) is 0 Å². The lowest BCUT2D eigenvalue weighted by molar-refractivity contribution is -0.150. The van der Waals surface area contributed by atoms with Crippen LogP contribution in [0.2, 0.25) is 0 Å². The summed E-state index contributed by atoms with van der Waals surface area (Å²) in [5, 5.41) is 11.8. The van der Waals surface area contributed by atoms with Crippen molar-refractivity contribution in [3.63, 3.8) is 0 Å². The van der Waals surface area contributed by atoms with Crippen molar-refractivity contribution in [2.75, 3.05) is 6.61 Å². The van der Waals surface area contributed by atoms with Crippen LogP contribution in [0.15, 0.2) is 22.8 Å². The van der Waals surface area contributed by atoms with Crippen LogP contribution in [0.3, 0.4) is 0 Å². The normalized spacial score (nSPS) is 12.0. The van der Waals surface area contributed by atoms with Crippen LogP contribution in [-0.2, 0) is 20.9 Å². The van der Waals surface area contributed by atoms with Crippen molar-refractivity contribution in [3.8, 4) is 0 Å². The minimum Gasteiger partial charge on any atom is -0.481 e. The number of esters is 1. The van der Waals surface area contributed by atoms with Crippen LogP contribution in [0.4, 0.5) is 0 Å². The highest BCUT2D eigenvalue weighted by molar-refractivity contribution is 5.81. The van der Waals surface area contributed by atoms with Gasteiger partial charge < -0.3 is 14.3 Å². The largest absolute Gasteiger partial charge is 0.481 e. The number of carbonyl (C=O) groups is 2. The molecule has 0 amide bonds. The van der Waals surface area contributed by atoms with Gasteiger partial charge in [0.1, 0.15) is 11.8 Å². The summed E-state index contributed by atoms with van der Waals surface area (Å²) >= 11 is 0. The van der Waals surface area contributed by atoms with E-state index in [0.29, 0.717) is 12.4 Å². The fourth-order valence-corrected chi connectivity index (χ4v) is 2.38. The molecule has 0 bridgehead atoms. The standard InChI is InChI=1S/C18H29NO5/c1-2-3-4-5-6-7-8-11-24-18(22)16(13-17(20)21)19-14-15-10-9-12-23-15/h9-10,12,16,19H,2-8,11,13-14H2,1H3,(H,20,21). The maximum atomic E-state index is 12.0. The van der Waals surface area contributed by atoms with Gasteiger partial charge in [-0.15, -0.1) is 0 Å². The minimum atomic E-state index is -1.04. The fourth-order valence-electron chi connectivity index (χ4n) is 2.38. The van der Waals surface area contributed by atoms with Crippen molar-refractivity contribution < 1.29 is 23.8 Å². The molecule has 1 atom stereocenters. The summed E-state index contributed by atoms with van der Waals surface area (Å²) in [5.41, 5.74) is 0. The van der Waals surface area contributed by atoms with Gasteiger partial charge in [0.2, 0.25) is 0 Å². The molecule has 0 aliphatic heterocycles. The minimum absolute atomic E-state index is 0.289. The zero-order valence-electron chi connectivity index (χ0n) is 14.5. The van der Waals surface area contributed by atoms with Crippen molar-refractivity contribution in [3.05, 3.63) is 24.2 Å². The maximum absolute atomic E-state index is 12.0. The van der Waals surface area contributed by atoms with Crippen LogP contribution in [-0.4, -0.2) is 29.7 Å². The molecule has 1 unspecified atom stereocenters. The number of unbranched alkanes of at least 4 members (excludes halogenated alkanes) is 6. The second-order valence-corrected chi connectivity index (χ2v) is 5.90. The Bertz CT molecular complexity index is 458. The Morgan fingerprint density at radius 2 is 1.92 bits per heavy atom. The first-order valence-electron chi connectivity index (χ1n) is 8.77. The molecule has 136 valence electrons. The molecule has 1 rings (SSSR count). The number of nitrogens with one attached hydrogen (secondary N) is 1. The summed E-state index contributed by atoms with van der Waals surface area (Å²) in [5.74, 6) is -0.917. The zero-order valence-corrected chi connectivity index (χ0v) is 14.5. The number of ether oxygens (including phenoxy) is 1. The van der Waals surface area contributed by atoms with E-state index < -0.39 is 18.0 Å². The molecule has 0 saturated carbocycles. The van der Waals surface area contributed by atoms with Gasteiger partial charge in [0, 0.05) is 0 Å². The Balaban J connectivity index is 2.22. The number of aliphatic carboxylic acids is 1. The molecule has 0 aliphatic rings. The quantitative estimate of drug-likeness (QED) is 0.398. The maximum Gasteiger partial charge on any atom is 0.323 e. The van der Waals surface area contributed by atoms with Gasteiger partial charge in [-0.25, -0.2) is 0 Å². The summed E-state index contributed by atoms with van der Waals surface area (Å²) in [7, 11) is 0. The Hall–Kier alpha value is -1.82. The highest BCUT2D eigenvalue weighted by Gasteiger charge is 2.23. The van der Waals surface area contributed by atoms with Crippen molar-refractivity contribution in [2.45, 2.75) is 70.9 Å². The second-order valence-electron chi connectivity index (χ2n) is 5.90. The zero-order chi connectivity index (χ0) is 17.6. The van der Waals surface area contributed by atoms with Gasteiger partial charge in [-0.2, -0.15) is 0 Å². The molecule has 1 aromatic heterocycles. The van der Waals surface area contributed by atoms with Crippen LogP contribution in [0.25, 0.3) is 0 Å². The molecule has 0 saturated heterocycles. The van der Waals surface area contributed by atoms with Crippen LogP contribution in [0.1, 0.15) is 64.1 Å². The highest BCUT2D eigenvalue weighted by Crippen LogP contribution is 2.08. The van der Waals surface area contributed by atoms with Crippen LogP contribution in [0, 0.1) is 0 Å². The molecule has 0 aliphatic carbocycles. The first-order valence-corrected chi connectivity index (χ1v) is 8.77. The Labute approximate surface area is 143 Å². The van der Waals surface area contributed by atoms with Gasteiger partial charge in [-0.3, -0.25) is 14.9 Å². The van der Waals surface area contributed by atoms with E-state index in [1.165, 1.54) is 31.9 Å². The molecule has 0 spiro atoms. The summed E-state index contributed by atoms with van der Waals surface area (Å²) in [6.45, 7) is 2.82. The predicted molar refractivity (Wildman–Crippen MR) is 90.5 cm³/mol. The Kier molecular flexibility index (Phi) is 10.6. The lowest BCUT2D eigenvalue weighted by atomic mass is 10.1. The van der Waals surface area contributed by atoms with Gasteiger partial charge in [0.15, 0.2) is 0 Å². The van der Waals surface area contributed by atoms with E-state index >= 15 is 0 Å². The van der Waals surface area contributed by atoms with Crippen LogP contribution < -0.4 is 5.32 Å². The fraction of sp³-hybridized carbons (Fsp3) is 0.667. The molecule has 24 heavy (non-hydrogen) atoms. The SMILES string of the molecule is CCCCCCCCCOC(=O)C(CC(=O)O)NCc1ccco1. The third kappa shape index (κ3) is 9.35. The number of carboxylic acids is 1. The predicted octanol–water partition coefficient (Wildman–Crippen LogP) is 3.51. The molecule has 1 aromatic rings. The molecule has 6 heteroatoms. The Morgan fingerprint density at radius 1 is 1.21 bits per heavy atom. The molecule has 2 N–H and O–H groups in total. The van der Waals surface area contributed by atoms with E-state index in [1.54, 1.807) is 12.1 Å². The molecule has 0 fully saturated rings. The molecular formula is C18H29NO5. The van der Waals surface area contributed by atoms with E-state index in [4.69, 9.17) is 14.3 Å². The number of hydrogen-bond acceptors (Lipinski definition) is 5. The van der Waals surface area contributed by atoms with Gasteiger partial charge in [-0.05, 0) is 18.6 Å². The monoisotopic (exact) mass is 339 g/mol. The van der Waals surface area contributed by atoms with Crippen molar-refractivity contribution in [1.29, 1.82) is 0 Å². The van der Waals surface area contributed by atoms with E-state index in [-0.39, 0.29) is 13.0 Å². The number of furan rings is 1. The van der Waals surface area contributed by atoms with Crippen molar-refractivity contribution >= 4 is 11.9 Å². The van der Waals surface area contributed by atoms with Crippen LogP contribution in [0.5, 0.6) is 0 Å². The van der Waals surface area contributed by atoms with E-state index in [0.717, 1.165) is 19.3 Å². The molecule has 6 nitrogen and oxygen atoms in total. The van der Waals surface area contributed by atoms with E-state index in [1.807, 2.05) is 0 Å². The first kappa shape index (κ1) is 20.2. The van der Waals surface area contributed by atoms with E-state index in [2.05, 4.69) is 12.2 Å². The molecule has 1 heterocycles. The summed E-state index contributed by atoms with van der Waals surface area (Å²) in [6.07, 6.45) is 9.18. The number of hydrogen-bond donors (Lipinski definition) is 2. The van der Waals surface area contributed by atoms with Gasteiger partial charge >= 0.3 is 11.9 Å². The molecule has 0 aromatic carbocycles. The summed E-state index contributed by atoms with van der Waals surface area (Å²) in [6, 6.07) is 2.63. The molecule has 0 radical (unpaired) electrons. The van der Waals surface area contributed by atoms with Crippen molar-refractivity contribution in [1.82, 2.24) is 5.32 Å². The third-order valence-electron chi connectivity index (χ3n) is 3.76. The number of carboxylic acid groups (broad SMARTS) is 1. The lowest BCUT2D eigenvalue weighted by Gasteiger charge is -2.15. The first-order chi connectivity index (χ1) is 11.6. The second kappa shape index (κ2) is 12.6. The van der Waals surface area contributed by atoms with E-state index in [9.17, 15) is 9.59 Å². The van der Waals surface area contributed by atoms with Crippen molar-refractivity contribution in [2.24, 2.45) is 0 Å². The van der Waals surface area contributed by atoms with Crippen LogP contribution >= 0.6 is 0 Å². The van der Waals surface area contributed by atoms with Gasteiger partial charge in [0.05, 0.1) is 25.8 Å².